The normalized spacial score (nSPS) is 27.2. The van der Waals surface area contributed by atoms with Crippen LogP contribution in [-0.4, -0.2) is 0 Å². The van der Waals surface area contributed by atoms with Crippen LogP contribution in [0.2, 0.25) is 0 Å². The highest BCUT2D eigenvalue weighted by atomic mass is 14.3. The van der Waals surface area contributed by atoms with Crippen LogP contribution < -0.4 is 0 Å². The van der Waals surface area contributed by atoms with Gasteiger partial charge in [-0.25, -0.2) is 0 Å². The maximum atomic E-state index is 4.08. The van der Waals surface area contributed by atoms with Gasteiger partial charge in [-0.05, 0) is 37.0 Å². The van der Waals surface area contributed by atoms with E-state index in [2.05, 4.69) is 27.4 Å². The molecule has 1 unspecified atom stereocenters. The van der Waals surface area contributed by atoms with Gasteiger partial charge in [0.05, 0.1) is 0 Å². The molecular weight excluding hydrogens is 132 g/mol. The van der Waals surface area contributed by atoms with Gasteiger partial charge in [0.1, 0.15) is 0 Å². The molecule has 0 radical (unpaired) electrons. The highest BCUT2D eigenvalue weighted by Crippen LogP contribution is 2.39. The Morgan fingerprint density at radius 1 is 1.36 bits per heavy atom. The largest absolute Gasteiger partial charge is 0.0999 e. The third-order valence-electron chi connectivity index (χ3n) is 2.84. The van der Waals surface area contributed by atoms with E-state index in [0.717, 1.165) is 5.92 Å². The zero-order valence-electron chi connectivity index (χ0n) is 8.11. The van der Waals surface area contributed by atoms with Crippen molar-refractivity contribution in [3.8, 4) is 0 Å². The third-order valence-corrected chi connectivity index (χ3v) is 2.84. The Kier molecular flexibility index (Phi) is 2.41. The quantitative estimate of drug-likeness (QED) is 0.463. The fourth-order valence-corrected chi connectivity index (χ4v) is 1.89. The molecular formula is C11H20. The molecule has 1 aliphatic carbocycles. The third kappa shape index (κ3) is 2.36. The minimum atomic E-state index is 0.489. The van der Waals surface area contributed by atoms with Crippen molar-refractivity contribution in [2.75, 3.05) is 0 Å². The summed E-state index contributed by atoms with van der Waals surface area (Å²) in [6.45, 7) is 11.1. The van der Waals surface area contributed by atoms with Gasteiger partial charge < -0.3 is 0 Å². The summed E-state index contributed by atoms with van der Waals surface area (Å²) < 4.78 is 0. The van der Waals surface area contributed by atoms with Crippen molar-refractivity contribution in [2.24, 2.45) is 11.3 Å². The van der Waals surface area contributed by atoms with Crippen molar-refractivity contribution < 1.29 is 0 Å². The molecule has 11 heavy (non-hydrogen) atoms. The number of hydrogen-bond acceptors (Lipinski definition) is 0. The molecule has 1 fully saturated rings. The summed E-state index contributed by atoms with van der Waals surface area (Å²) in [5.41, 5.74) is 1.96. The zero-order chi connectivity index (χ0) is 8.48. The molecule has 0 bridgehead atoms. The molecule has 0 spiro atoms. The SMILES string of the molecule is C=C1CCCC(C(C)(C)C)C1. The molecule has 0 N–H and O–H groups in total. The second-order valence-corrected chi connectivity index (χ2v) is 4.91. The van der Waals surface area contributed by atoms with Crippen LogP contribution >= 0.6 is 0 Å². The highest BCUT2D eigenvalue weighted by molar-refractivity contribution is 5.01. The van der Waals surface area contributed by atoms with E-state index in [1.54, 1.807) is 0 Å². The maximum Gasteiger partial charge on any atom is -0.0289 e. The van der Waals surface area contributed by atoms with Crippen molar-refractivity contribution in [2.45, 2.75) is 46.5 Å². The van der Waals surface area contributed by atoms with Gasteiger partial charge in [0.2, 0.25) is 0 Å². The molecule has 0 aromatic rings. The highest BCUT2D eigenvalue weighted by Gasteiger charge is 2.26. The van der Waals surface area contributed by atoms with Gasteiger partial charge in [-0.3, -0.25) is 0 Å². The first-order chi connectivity index (χ1) is 5.00. The van der Waals surface area contributed by atoms with Gasteiger partial charge >= 0.3 is 0 Å². The summed E-state index contributed by atoms with van der Waals surface area (Å²) in [5, 5.41) is 0. The fraction of sp³-hybridized carbons (Fsp3) is 0.818. The molecule has 0 saturated heterocycles. The van der Waals surface area contributed by atoms with Crippen LogP contribution in [-0.2, 0) is 0 Å². The average Bonchev–Trinajstić information content (AvgIpc) is 1.86. The molecule has 1 saturated carbocycles. The molecule has 1 atom stereocenters. The van der Waals surface area contributed by atoms with Crippen molar-refractivity contribution in [1.29, 1.82) is 0 Å². The second-order valence-electron chi connectivity index (χ2n) is 4.91. The minimum absolute atomic E-state index is 0.489. The summed E-state index contributed by atoms with van der Waals surface area (Å²) in [4.78, 5) is 0. The predicted molar refractivity (Wildman–Crippen MR) is 50.6 cm³/mol. The Hall–Kier alpha value is -0.260. The van der Waals surface area contributed by atoms with Gasteiger partial charge in [-0.1, -0.05) is 32.9 Å². The van der Waals surface area contributed by atoms with Crippen LogP contribution in [0.15, 0.2) is 12.2 Å². The maximum absolute atomic E-state index is 4.08. The Bertz CT molecular complexity index is 148. The lowest BCUT2D eigenvalue weighted by atomic mass is 9.71. The van der Waals surface area contributed by atoms with Gasteiger partial charge in [-0.15, -0.1) is 0 Å². The van der Waals surface area contributed by atoms with E-state index in [1.165, 1.54) is 31.3 Å². The van der Waals surface area contributed by atoms with Crippen LogP contribution in [0.1, 0.15) is 46.5 Å². The number of allylic oxidation sites excluding steroid dienone is 1. The van der Waals surface area contributed by atoms with E-state index in [0.29, 0.717) is 5.41 Å². The first-order valence-electron chi connectivity index (χ1n) is 4.67. The lowest BCUT2D eigenvalue weighted by molar-refractivity contribution is 0.204. The topological polar surface area (TPSA) is 0 Å². The van der Waals surface area contributed by atoms with Crippen molar-refractivity contribution in [3.63, 3.8) is 0 Å². The van der Waals surface area contributed by atoms with Crippen LogP contribution in [0.3, 0.4) is 0 Å². The Balaban J connectivity index is 2.53. The number of rotatable bonds is 0. The average molecular weight is 152 g/mol. The molecule has 0 aliphatic heterocycles. The van der Waals surface area contributed by atoms with E-state index >= 15 is 0 Å². The first-order valence-corrected chi connectivity index (χ1v) is 4.67. The molecule has 1 aliphatic rings. The lowest BCUT2D eigenvalue weighted by Crippen LogP contribution is -2.23. The molecule has 0 aromatic heterocycles. The summed E-state index contributed by atoms with van der Waals surface area (Å²) in [7, 11) is 0. The van der Waals surface area contributed by atoms with E-state index in [9.17, 15) is 0 Å². The van der Waals surface area contributed by atoms with Crippen molar-refractivity contribution in [1.82, 2.24) is 0 Å². The van der Waals surface area contributed by atoms with Crippen molar-refractivity contribution in [3.05, 3.63) is 12.2 Å². The van der Waals surface area contributed by atoms with Gasteiger partial charge in [0.25, 0.3) is 0 Å². The van der Waals surface area contributed by atoms with Gasteiger partial charge in [0.15, 0.2) is 0 Å². The van der Waals surface area contributed by atoms with E-state index < -0.39 is 0 Å². The molecule has 0 heteroatoms. The Labute approximate surface area is 70.7 Å². The van der Waals surface area contributed by atoms with Crippen LogP contribution in [0, 0.1) is 11.3 Å². The molecule has 0 nitrogen and oxygen atoms in total. The zero-order valence-corrected chi connectivity index (χ0v) is 8.11. The van der Waals surface area contributed by atoms with E-state index in [-0.39, 0.29) is 0 Å². The summed E-state index contributed by atoms with van der Waals surface area (Å²) >= 11 is 0. The standard InChI is InChI=1S/C11H20/c1-9-6-5-7-10(8-9)11(2,3)4/h10H,1,5-8H2,2-4H3. The van der Waals surface area contributed by atoms with Crippen molar-refractivity contribution >= 4 is 0 Å². The minimum Gasteiger partial charge on any atom is -0.0999 e. The van der Waals surface area contributed by atoms with Crippen LogP contribution in [0.25, 0.3) is 0 Å². The van der Waals surface area contributed by atoms with E-state index in [4.69, 9.17) is 0 Å². The van der Waals surface area contributed by atoms with Crippen LogP contribution in [0.5, 0.6) is 0 Å². The molecule has 0 aromatic carbocycles. The molecule has 1 rings (SSSR count). The smallest absolute Gasteiger partial charge is 0.0289 e. The lowest BCUT2D eigenvalue weighted by Gasteiger charge is -2.34. The Morgan fingerprint density at radius 2 is 2.00 bits per heavy atom. The molecule has 0 amide bonds. The van der Waals surface area contributed by atoms with Crippen LogP contribution in [0.4, 0.5) is 0 Å². The molecule has 0 heterocycles. The first kappa shape index (κ1) is 8.83. The summed E-state index contributed by atoms with van der Waals surface area (Å²) in [5.74, 6) is 0.878. The predicted octanol–water partition coefficient (Wildman–Crippen LogP) is 3.78. The fourth-order valence-electron chi connectivity index (χ4n) is 1.89. The molecule has 64 valence electrons. The number of hydrogen-bond donors (Lipinski definition) is 0. The van der Waals surface area contributed by atoms with Gasteiger partial charge in [-0.2, -0.15) is 0 Å². The summed E-state index contributed by atoms with van der Waals surface area (Å²) in [6.07, 6.45) is 5.30. The van der Waals surface area contributed by atoms with E-state index in [1.807, 2.05) is 0 Å². The van der Waals surface area contributed by atoms with Gasteiger partial charge in [0, 0.05) is 0 Å². The summed E-state index contributed by atoms with van der Waals surface area (Å²) in [6, 6.07) is 0. The second kappa shape index (κ2) is 3.00. The monoisotopic (exact) mass is 152 g/mol. The Morgan fingerprint density at radius 3 is 2.36 bits per heavy atom.